The largest absolute Gasteiger partial charge is 0.399 e. The van der Waals surface area contributed by atoms with Crippen LogP contribution in [-0.4, -0.2) is 41.9 Å². The Labute approximate surface area is 153 Å². The van der Waals surface area contributed by atoms with Crippen LogP contribution in [0.3, 0.4) is 0 Å². The molecular weight excluding hydrogens is 341 g/mol. The fraction of sp³-hybridized carbons (Fsp3) is 0.316. The van der Waals surface area contributed by atoms with Gasteiger partial charge >= 0.3 is 0 Å². The molecule has 1 aliphatic heterocycles. The molecule has 0 aromatic heterocycles. The van der Waals surface area contributed by atoms with E-state index in [2.05, 4.69) is 11.0 Å². The van der Waals surface area contributed by atoms with Crippen molar-refractivity contribution in [2.45, 2.75) is 13.0 Å². The molecule has 1 fully saturated rings. The summed E-state index contributed by atoms with van der Waals surface area (Å²) in [6, 6.07) is 13.7. The molecule has 0 saturated carbocycles. The van der Waals surface area contributed by atoms with Crippen LogP contribution in [-0.2, 0) is 6.54 Å². The van der Waals surface area contributed by atoms with E-state index >= 15 is 0 Å². The smallest absolute Gasteiger partial charge is 0.253 e. The molecule has 25 heavy (non-hydrogen) atoms. The predicted octanol–water partition coefficient (Wildman–Crippen LogP) is 3.18. The van der Waals surface area contributed by atoms with E-state index in [9.17, 15) is 9.18 Å². The molecule has 0 bridgehead atoms. The summed E-state index contributed by atoms with van der Waals surface area (Å²) in [5.74, 6) is -0.350. The van der Waals surface area contributed by atoms with Crippen molar-refractivity contribution in [1.29, 1.82) is 0 Å². The molecule has 6 heteroatoms. The van der Waals surface area contributed by atoms with E-state index in [1.807, 2.05) is 23.1 Å². The van der Waals surface area contributed by atoms with Gasteiger partial charge in [0.05, 0.1) is 0 Å². The molecule has 0 spiro atoms. The lowest BCUT2D eigenvalue weighted by Gasteiger charge is -2.22. The fourth-order valence-corrected chi connectivity index (χ4v) is 3.06. The molecule has 2 aromatic carbocycles. The minimum Gasteiger partial charge on any atom is -0.399 e. The lowest BCUT2D eigenvalue weighted by atomic mass is 10.2. The Morgan fingerprint density at radius 1 is 1.04 bits per heavy atom. The van der Waals surface area contributed by atoms with Crippen molar-refractivity contribution >= 4 is 24.0 Å². The minimum atomic E-state index is -0.323. The van der Waals surface area contributed by atoms with Gasteiger partial charge in [0.2, 0.25) is 0 Å². The Hall–Kier alpha value is -2.11. The van der Waals surface area contributed by atoms with Crippen molar-refractivity contribution in [3.8, 4) is 0 Å². The lowest BCUT2D eigenvalue weighted by Crippen LogP contribution is -2.35. The second kappa shape index (κ2) is 8.83. The molecule has 1 amide bonds. The number of hydrogen-bond donors (Lipinski definition) is 1. The van der Waals surface area contributed by atoms with Crippen LogP contribution in [0.4, 0.5) is 10.1 Å². The average Bonchev–Trinajstić information content (AvgIpc) is 2.81. The van der Waals surface area contributed by atoms with Crippen LogP contribution in [0.5, 0.6) is 0 Å². The molecule has 2 N–H and O–H groups in total. The Morgan fingerprint density at radius 2 is 1.80 bits per heavy atom. The van der Waals surface area contributed by atoms with Crippen molar-refractivity contribution in [3.63, 3.8) is 0 Å². The van der Waals surface area contributed by atoms with Crippen molar-refractivity contribution in [3.05, 3.63) is 65.5 Å². The van der Waals surface area contributed by atoms with Gasteiger partial charge in [-0.2, -0.15) is 0 Å². The quantitative estimate of drug-likeness (QED) is 0.852. The van der Waals surface area contributed by atoms with E-state index in [4.69, 9.17) is 5.73 Å². The third-order valence-electron chi connectivity index (χ3n) is 4.32. The molecule has 0 unspecified atom stereocenters. The van der Waals surface area contributed by atoms with Crippen LogP contribution in [0.1, 0.15) is 22.3 Å². The van der Waals surface area contributed by atoms with Crippen LogP contribution >= 0.6 is 12.4 Å². The topological polar surface area (TPSA) is 49.6 Å². The SMILES string of the molecule is Cl.Nc1cccc(CN2CCCN(C(=O)c3ccc(F)cc3)CC2)c1. The molecule has 0 aliphatic carbocycles. The monoisotopic (exact) mass is 363 g/mol. The lowest BCUT2D eigenvalue weighted by molar-refractivity contribution is 0.0761. The first-order valence-electron chi connectivity index (χ1n) is 8.23. The highest BCUT2D eigenvalue weighted by atomic mass is 35.5. The summed E-state index contributed by atoms with van der Waals surface area (Å²) in [5, 5.41) is 0. The standard InChI is InChI=1S/C19H22FN3O.ClH/c20-17-7-5-16(6-8-17)19(24)23-10-2-9-22(11-12-23)14-15-3-1-4-18(21)13-15;/h1,3-8,13H,2,9-12,14,21H2;1H. The number of nitrogen functional groups attached to an aromatic ring is 1. The van der Waals surface area contributed by atoms with Gasteiger partial charge in [-0.25, -0.2) is 4.39 Å². The number of benzene rings is 2. The van der Waals surface area contributed by atoms with Gasteiger partial charge in [0, 0.05) is 44.0 Å². The van der Waals surface area contributed by atoms with Crippen LogP contribution in [0.25, 0.3) is 0 Å². The van der Waals surface area contributed by atoms with E-state index in [-0.39, 0.29) is 24.1 Å². The molecule has 1 saturated heterocycles. The fourth-order valence-electron chi connectivity index (χ4n) is 3.06. The highest BCUT2D eigenvalue weighted by Crippen LogP contribution is 2.14. The van der Waals surface area contributed by atoms with E-state index in [1.54, 1.807) is 12.1 Å². The maximum absolute atomic E-state index is 13.0. The first kappa shape index (κ1) is 19.2. The molecule has 2 aromatic rings. The molecule has 3 rings (SSSR count). The molecule has 0 atom stereocenters. The van der Waals surface area contributed by atoms with E-state index in [0.29, 0.717) is 12.1 Å². The van der Waals surface area contributed by atoms with Gasteiger partial charge in [0.1, 0.15) is 5.82 Å². The highest BCUT2D eigenvalue weighted by molar-refractivity contribution is 5.94. The minimum absolute atomic E-state index is 0. The normalized spacial score (nSPS) is 15.3. The number of hydrogen-bond acceptors (Lipinski definition) is 3. The van der Waals surface area contributed by atoms with E-state index < -0.39 is 0 Å². The van der Waals surface area contributed by atoms with Crippen molar-refractivity contribution < 1.29 is 9.18 Å². The van der Waals surface area contributed by atoms with Crippen LogP contribution in [0.2, 0.25) is 0 Å². The zero-order valence-electron chi connectivity index (χ0n) is 14.0. The maximum Gasteiger partial charge on any atom is 0.253 e. The Bertz CT molecular complexity index is 708. The molecule has 1 aliphatic rings. The van der Waals surface area contributed by atoms with Gasteiger partial charge in [-0.15, -0.1) is 12.4 Å². The summed E-state index contributed by atoms with van der Waals surface area (Å²) in [4.78, 5) is 16.7. The summed E-state index contributed by atoms with van der Waals surface area (Å²) in [7, 11) is 0. The second-order valence-electron chi connectivity index (χ2n) is 6.17. The van der Waals surface area contributed by atoms with Crippen LogP contribution in [0, 0.1) is 5.82 Å². The van der Waals surface area contributed by atoms with Crippen LogP contribution < -0.4 is 5.73 Å². The zero-order chi connectivity index (χ0) is 16.9. The number of rotatable bonds is 3. The highest BCUT2D eigenvalue weighted by Gasteiger charge is 2.20. The number of amides is 1. The Balaban J connectivity index is 0.00000225. The molecule has 1 heterocycles. The van der Waals surface area contributed by atoms with Crippen molar-refractivity contribution in [2.24, 2.45) is 0 Å². The number of nitrogens with two attached hydrogens (primary N) is 1. The maximum atomic E-state index is 13.0. The van der Waals surface area contributed by atoms with Gasteiger partial charge in [-0.05, 0) is 48.4 Å². The first-order chi connectivity index (χ1) is 11.6. The van der Waals surface area contributed by atoms with Crippen LogP contribution in [0.15, 0.2) is 48.5 Å². The zero-order valence-corrected chi connectivity index (χ0v) is 14.8. The summed E-state index contributed by atoms with van der Waals surface area (Å²) >= 11 is 0. The van der Waals surface area contributed by atoms with Crippen molar-refractivity contribution in [1.82, 2.24) is 9.80 Å². The summed E-state index contributed by atoms with van der Waals surface area (Å²) in [6.07, 6.45) is 0.926. The van der Waals surface area contributed by atoms with Gasteiger partial charge in [-0.3, -0.25) is 9.69 Å². The molecular formula is C19H23ClFN3O. The van der Waals surface area contributed by atoms with Crippen molar-refractivity contribution in [2.75, 3.05) is 31.9 Å². The van der Waals surface area contributed by atoms with Gasteiger partial charge in [-0.1, -0.05) is 12.1 Å². The average molecular weight is 364 g/mol. The second-order valence-corrected chi connectivity index (χ2v) is 6.17. The summed E-state index contributed by atoms with van der Waals surface area (Å²) < 4.78 is 13.0. The van der Waals surface area contributed by atoms with Gasteiger partial charge in [0.25, 0.3) is 5.91 Å². The molecule has 0 radical (unpaired) electrons. The Morgan fingerprint density at radius 3 is 2.52 bits per heavy atom. The number of carbonyl (C=O) groups is 1. The number of nitrogens with zero attached hydrogens (tertiary/aromatic N) is 2. The third kappa shape index (κ3) is 5.18. The van der Waals surface area contributed by atoms with E-state index in [0.717, 1.165) is 38.3 Å². The molecule has 134 valence electrons. The first-order valence-corrected chi connectivity index (χ1v) is 8.23. The summed E-state index contributed by atoms with van der Waals surface area (Å²) in [6.45, 7) is 4.01. The predicted molar refractivity (Wildman–Crippen MR) is 100 cm³/mol. The summed E-state index contributed by atoms with van der Waals surface area (Å²) in [5.41, 5.74) is 8.34. The number of carbonyl (C=O) groups excluding carboxylic acids is 1. The van der Waals surface area contributed by atoms with E-state index in [1.165, 1.54) is 17.7 Å². The van der Waals surface area contributed by atoms with Gasteiger partial charge < -0.3 is 10.6 Å². The molecule has 4 nitrogen and oxygen atoms in total. The Kier molecular flexibility index (Phi) is 6.79. The number of halogens is 2. The number of anilines is 1. The van der Waals surface area contributed by atoms with Gasteiger partial charge in [0.15, 0.2) is 0 Å². The third-order valence-corrected chi connectivity index (χ3v) is 4.32.